The number of nitrogens with one attached hydrogen (secondary N) is 1. The van der Waals surface area contributed by atoms with Gasteiger partial charge in [-0.3, -0.25) is 4.79 Å². The summed E-state index contributed by atoms with van der Waals surface area (Å²) in [5.41, 5.74) is 0.315. The summed E-state index contributed by atoms with van der Waals surface area (Å²) in [6.07, 6.45) is 2.28. The lowest BCUT2D eigenvalue weighted by atomic mass is 9.87. The predicted molar refractivity (Wildman–Crippen MR) is 85.3 cm³/mol. The van der Waals surface area contributed by atoms with E-state index in [1.54, 1.807) is 24.3 Å². The van der Waals surface area contributed by atoms with Gasteiger partial charge in [0, 0.05) is 30.1 Å². The van der Waals surface area contributed by atoms with Crippen molar-refractivity contribution in [1.82, 2.24) is 10.2 Å². The lowest BCUT2D eigenvalue weighted by Gasteiger charge is -2.22. The van der Waals surface area contributed by atoms with E-state index in [1.165, 1.54) is 6.42 Å². The quantitative estimate of drug-likeness (QED) is 0.924. The molecule has 0 saturated carbocycles. The van der Waals surface area contributed by atoms with Gasteiger partial charge in [0.15, 0.2) is 6.61 Å². The summed E-state index contributed by atoms with van der Waals surface area (Å²) in [5.74, 6) is 0.753. The molecule has 1 amide bonds. The summed E-state index contributed by atoms with van der Waals surface area (Å²) in [6, 6.07) is 7.08. The molecule has 2 heterocycles. The molecule has 0 aliphatic carbocycles. The second-order valence-corrected chi connectivity index (χ2v) is 6.17. The molecule has 1 aromatic carbocycles. The summed E-state index contributed by atoms with van der Waals surface area (Å²) < 4.78 is 5.52. The van der Waals surface area contributed by atoms with Crippen molar-refractivity contribution in [1.29, 1.82) is 0 Å². The van der Waals surface area contributed by atoms with E-state index >= 15 is 0 Å². The van der Waals surface area contributed by atoms with Crippen LogP contribution in [0, 0.1) is 5.41 Å². The molecular weight excluding hydrogens is 311 g/mol. The zero-order valence-corrected chi connectivity index (χ0v) is 13.4. The summed E-state index contributed by atoms with van der Waals surface area (Å²) in [6.45, 7) is 3.93. The molecular formula is C15H20Cl2N2O2. The monoisotopic (exact) mass is 330 g/mol. The van der Waals surface area contributed by atoms with Crippen LogP contribution in [0.15, 0.2) is 24.3 Å². The van der Waals surface area contributed by atoms with Crippen LogP contribution in [-0.2, 0) is 4.79 Å². The minimum atomic E-state index is 0. The average molecular weight is 331 g/mol. The number of halogens is 2. The Kier molecular flexibility index (Phi) is 5.36. The number of likely N-dealkylation sites (tertiary alicyclic amines) is 1. The van der Waals surface area contributed by atoms with Crippen molar-refractivity contribution < 1.29 is 9.53 Å². The first-order chi connectivity index (χ1) is 9.67. The highest BCUT2D eigenvalue weighted by atomic mass is 35.5. The van der Waals surface area contributed by atoms with Gasteiger partial charge in [-0.2, -0.15) is 0 Å². The van der Waals surface area contributed by atoms with Crippen molar-refractivity contribution >= 4 is 29.9 Å². The molecule has 2 aliphatic rings. The molecule has 2 aliphatic heterocycles. The molecule has 21 heavy (non-hydrogen) atoms. The first-order valence-corrected chi connectivity index (χ1v) is 7.42. The smallest absolute Gasteiger partial charge is 0.260 e. The molecule has 0 radical (unpaired) electrons. The highest BCUT2D eigenvalue weighted by molar-refractivity contribution is 6.30. The summed E-state index contributed by atoms with van der Waals surface area (Å²) in [4.78, 5) is 14.1. The van der Waals surface area contributed by atoms with Crippen LogP contribution in [0.1, 0.15) is 12.8 Å². The van der Waals surface area contributed by atoms with Gasteiger partial charge in [-0.15, -0.1) is 12.4 Å². The number of nitrogens with zero attached hydrogens (tertiary/aromatic N) is 1. The predicted octanol–water partition coefficient (Wildman–Crippen LogP) is 2.35. The van der Waals surface area contributed by atoms with Gasteiger partial charge in [-0.25, -0.2) is 0 Å². The third kappa shape index (κ3) is 3.82. The van der Waals surface area contributed by atoms with Crippen LogP contribution in [0.5, 0.6) is 5.75 Å². The minimum Gasteiger partial charge on any atom is -0.484 e. The molecule has 2 saturated heterocycles. The van der Waals surface area contributed by atoms with E-state index in [0.717, 1.165) is 32.6 Å². The Morgan fingerprint density at radius 3 is 2.76 bits per heavy atom. The topological polar surface area (TPSA) is 41.6 Å². The van der Waals surface area contributed by atoms with Gasteiger partial charge in [-0.05, 0) is 43.7 Å². The first-order valence-electron chi connectivity index (χ1n) is 7.04. The van der Waals surface area contributed by atoms with E-state index in [1.807, 2.05) is 4.90 Å². The summed E-state index contributed by atoms with van der Waals surface area (Å²) in [7, 11) is 0. The van der Waals surface area contributed by atoms with Crippen LogP contribution < -0.4 is 10.1 Å². The minimum absolute atomic E-state index is 0. The molecule has 1 atom stereocenters. The number of amides is 1. The van der Waals surface area contributed by atoms with Crippen molar-refractivity contribution in [2.24, 2.45) is 5.41 Å². The molecule has 1 spiro atoms. The Hall–Kier alpha value is -0.970. The number of benzene rings is 1. The van der Waals surface area contributed by atoms with Gasteiger partial charge in [0.1, 0.15) is 5.75 Å². The maximum atomic E-state index is 12.2. The summed E-state index contributed by atoms with van der Waals surface area (Å²) in [5, 5.41) is 4.06. The molecule has 1 unspecified atom stereocenters. The zero-order chi connectivity index (χ0) is 14.0. The van der Waals surface area contributed by atoms with Crippen molar-refractivity contribution in [3.05, 3.63) is 29.3 Å². The molecule has 4 nitrogen and oxygen atoms in total. The largest absolute Gasteiger partial charge is 0.484 e. The molecule has 0 aromatic heterocycles. The lowest BCUT2D eigenvalue weighted by molar-refractivity contribution is -0.132. The van der Waals surface area contributed by atoms with Gasteiger partial charge in [0.05, 0.1) is 0 Å². The average Bonchev–Trinajstić information content (AvgIpc) is 3.09. The second-order valence-electron chi connectivity index (χ2n) is 5.73. The normalized spacial score (nSPS) is 24.1. The van der Waals surface area contributed by atoms with E-state index in [9.17, 15) is 4.79 Å². The molecule has 2 fully saturated rings. The molecule has 0 bridgehead atoms. The number of hydrogen-bond donors (Lipinski definition) is 1. The summed E-state index contributed by atoms with van der Waals surface area (Å²) >= 11 is 5.81. The van der Waals surface area contributed by atoms with Crippen LogP contribution in [0.3, 0.4) is 0 Å². The maximum Gasteiger partial charge on any atom is 0.260 e. The van der Waals surface area contributed by atoms with E-state index in [0.29, 0.717) is 16.2 Å². The van der Waals surface area contributed by atoms with Crippen molar-refractivity contribution in [3.8, 4) is 5.75 Å². The van der Waals surface area contributed by atoms with Crippen LogP contribution in [0.2, 0.25) is 5.02 Å². The van der Waals surface area contributed by atoms with Crippen molar-refractivity contribution in [3.63, 3.8) is 0 Å². The number of carbonyl (C=O) groups is 1. The van der Waals surface area contributed by atoms with Gasteiger partial charge in [-0.1, -0.05) is 11.6 Å². The van der Waals surface area contributed by atoms with Crippen LogP contribution in [0.25, 0.3) is 0 Å². The Bertz CT molecular complexity index is 487. The first kappa shape index (κ1) is 16.4. The Balaban J connectivity index is 0.00000161. The number of rotatable bonds is 3. The Morgan fingerprint density at radius 1 is 1.33 bits per heavy atom. The lowest BCUT2D eigenvalue weighted by Crippen LogP contribution is -2.36. The second kappa shape index (κ2) is 6.86. The zero-order valence-electron chi connectivity index (χ0n) is 11.8. The fraction of sp³-hybridized carbons (Fsp3) is 0.533. The van der Waals surface area contributed by atoms with Gasteiger partial charge >= 0.3 is 0 Å². The fourth-order valence-corrected chi connectivity index (χ4v) is 3.19. The molecule has 1 aromatic rings. The maximum absolute atomic E-state index is 12.2. The van der Waals surface area contributed by atoms with E-state index in [4.69, 9.17) is 16.3 Å². The van der Waals surface area contributed by atoms with Crippen LogP contribution >= 0.6 is 24.0 Å². The van der Waals surface area contributed by atoms with E-state index in [-0.39, 0.29) is 24.9 Å². The molecule has 116 valence electrons. The molecule has 1 N–H and O–H groups in total. The molecule has 3 rings (SSSR count). The van der Waals surface area contributed by atoms with Crippen LogP contribution in [0.4, 0.5) is 0 Å². The Labute approximate surface area is 136 Å². The third-order valence-electron chi connectivity index (χ3n) is 4.30. The highest BCUT2D eigenvalue weighted by Crippen LogP contribution is 2.35. The number of carbonyl (C=O) groups excluding carboxylic acids is 1. The van der Waals surface area contributed by atoms with Gasteiger partial charge < -0.3 is 15.0 Å². The number of ether oxygens (including phenoxy) is 1. The van der Waals surface area contributed by atoms with Gasteiger partial charge in [0.25, 0.3) is 5.91 Å². The number of hydrogen-bond acceptors (Lipinski definition) is 3. The standard InChI is InChI=1S/C15H19ClN2O2.ClH/c16-12-1-3-13(4-2-12)20-9-14(19)18-8-6-15(11-18)5-7-17-10-15;/h1-4,17H,5-11H2;1H. The van der Waals surface area contributed by atoms with Crippen LogP contribution in [-0.4, -0.2) is 43.6 Å². The molecule has 6 heteroatoms. The van der Waals surface area contributed by atoms with Gasteiger partial charge in [0.2, 0.25) is 0 Å². The third-order valence-corrected chi connectivity index (χ3v) is 4.55. The SMILES string of the molecule is Cl.O=C(COc1ccc(Cl)cc1)N1CCC2(CCNC2)C1. The van der Waals surface area contributed by atoms with E-state index < -0.39 is 0 Å². The Morgan fingerprint density at radius 2 is 2.10 bits per heavy atom. The van der Waals surface area contributed by atoms with Crippen molar-refractivity contribution in [2.75, 3.05) is 32.8 Å². The van der Waals surface area contributed by atoms with E-state index in [2.05, 4.69) is 5.32 Å². The van der Waals surface area contributed by atoms with Crippen molar-refractivity contribution in [2.45, 2.75) is 12.8 Å². The fourth-order valence-electron chi connectivity index (χ4n) is 3.06. The highest BCUT2D eigenvalue weighted by Gasteiger charge is 2.41.